The number of carbonyl (C=O) groups is 1. The van der Waals surface area contributed by atoms with E-state index in [1.165, 1.54) is 31.5 Å². The number of nitrogen functional groups attached to an aromatic ring is 1. The van der Waals surface area contributed by atoms with E-state index in [-0.39, 0.29) is 5.56 Å². The van der Waals surface area contributed by atoms with E-state index >= 15 is 0 Å². The van der Waals surface area contributed by atoms with Crippen molar-refractivity contribution >= 4 is 17.5 Å². The van der Waals surface area contributed by atoms with Crippen LogP contribution in [0.2, 0.25) is 0 Å². The number of pyridine rings is 1. The first-order valence-corrected chi connectivity index (χ1v) is 5.92. The van der Waals surface area contributed by atoms with E-state index in [9.17, 15) is 4.79 Å². The number of carboxylic acids is 1. The Kier molecular flexibility index (Phi) is 3.46. The SMILES string of the molecule is Nc1cc(C(=O)O)cnc1NC1CCCCC1. The number of carboxylic acid groups (broad SMARTS) is 1. The highest BCUT2D eigenvalue weighted by atomic mass is 16.4. The second-order valence-corrected chi connectivity index (χ2v) is 4.45. The molecule has 0 atom stereocenters. The fourth-order valence-corrected chi connectivity index (χ4v) is 2.16. The van der Waals surface area contributed by atoms with Gasteiger partial charge in [0.2, 0.25) is 0 Å². The molecule has 5 nitrogen and oxygen atoms in total. The molecular weight excluding hydrogens is 218 g/mol. The van der Waals surface area contributed by atoms with Crippen LogP contribution in [0, 0.1) is 0 Å². The van der Waals surface area contributed by atoms with Crippen molar-refractivity contribution in [3.8, 4) is 0 Å². The van der Waals surface area contributed by atoms with Gasteiger partial charge in [-0.25, -0.2) is 9.78 Å². The molecule has 1 fully saturated rings. The number of aromatic nitrogens is 1. The van der Waals surface area contributed by atoms with Gasteiger partial charge < -0.3 is 16.2 Å². The van der Waals surface area contributed by atoms with Crippen LogP contribution in [-0.2, 0) is 0 Å². The number of aromatic carboxylic acids is 1. The Morgan fingerprint density at radius 1 is 1.41 bits per heavy atom. The van der Waals surface area contributed by atoms with Crippen molar-refractivity contribution < 1.29 is 9.90 Å². The molecule has 4 N–H and O–H groups in total. The average molecular weight is 235 g/mol. The van der Waals surface area contributed by atoms with Crippen molar-refractivity contribution in [3.63, 3.8) is 0 Å². The Morgan fingerprint density at radius 2 is 2.12 bits per heavy atom. The lowest BCUT2D eigenvalue weighted by atomic mass is 9.95. The zero-order valence-electron chi connectivity index (χ0n) is 9.65. The third-order valence-electron chi connectivity index (χ3n) is 3.11. The summed E-state index contributed by atoms with van der Waals surface area (Å²) in [5, 5.41) is 12.1. The summed E-state index contributed by atoms with van der Waals surface area (Å²) in [5.41, 5.74) is 6.31. The minimum Gasteiger partial charge on any atom is -0.478 e. The van der Waals surface area contributed by atoms with Crippen molar-refractivity contribution in [2.24, 2.45) is 0 Å². The third kappa shape index (κ3) is 2.87. The molecule has 0 unspecified atom stereocenters. The van der Waals surface area contributed by atoms with Crippen molar-refractivity contribution in [1.82, 2.24) is 4.98 Å². The van der Waals surface area contributed by atoms with Crippen LogP contribution >= 0.6 is 0 Å². The normalized spacial score (nSPS) is 16.7. The Labute approximate surface area is 100 Å². The molecule has 1 aliphatic rings. The molecule has 5 heteroatoms. The van der Waals surface area contributed by atoms with Gasteiger partial charge in [0.25, 0.3) is 0 Å². The van der Waals surface area contributed by atoms with E-state index < -0.39 is 5.97 Å². The van der Waals surface area contributed by atoms with Crippen LogP contribution in [-0.4, -0.2) is 22.1 Å². The van der Waals surface area contributed by atoms with E-state index in [4.69, 9.17) is 10.8 Å². The molecular formula is C12H17N3O2. The molecule has 0 aromatic carbocycles. The maximum absolute atomic E-state index is 10.7. The van der Waals surface area contributed by atoms with Gasteiger partial charge in [-0.15, -0.1) is 0 Å². The number of nitrogens with two attached hydrogens (primary N) is 1. The molecule has 1 aromatic rings. The maximum atomic E-state index is 10.7. The predicted octanol–water partition coefficient (Wildman–Crippen LogP) is 2.11. The van der Waals surface area contributed by atoms with Gasteiger partial charge in [0, 0.05) is 12.2 Å². The van der Waals surface area contributed by atoms with Gasteiger partial charge in [-0.05, 0) is 18.9 Å². The topological polar surface area (TPSA) is 88.2 Å². The second-order valence-electron chi connectivity index (χ2n) is 4.45. The lowest BCUT2D eigenvalue weighted by Crippen LogP contribution is -2.23. The molecule has 0 aliphatic heterocycles. The monoisotopic (exact) mass is 235 g/mol. The standard InChI is InChI=1S/C12H17N3O2/c13-10-6-8(12(16)17)7-14-11(10)15-9-4-2-1-3-5-9/h6-7,9H,1-5,13H2,(H,14,15)(H,16,17). The predicted molar refractivity (Wildman–Crippen MR) is 66.1 cm³/mol. The average Bonchev–Trinajstić information content (AvgIpc) is 2.33. The van der Waals surface area contributed by atoms with Gasteiger partial charge in [-0.2, -0.15) is 0 Å². The molecule has 1 aromatic heterocycles. The van der Waals surface area contributed by atoms with Crippen LogP contribution in [0.4, 0.5) is 11.5 Å². The minimum absolute atomic E-state index is 0.122. The highest BCUT2D eigenvalue weighted by molar-refractivity contribution is 5.89. The summed E-state index contributed by atoms with van der Waals surface area (Å²) in [6, 6.07) is 1.86. The Bertz CT molecular complexity index is 414. The van der Waals surface area contributed by atoms with Gasteiger partial charge in [-0.1, -0.05) is 19.3 Å². The van der Waals surface area contributed by atoms with Crippen LogP contribution < -0.4 is 11.1 Å². The van der Waals surface area contributed by atoms with E-state index in [0.717, 1.165) is 12.8 Å². The minimum atomic E-state index is -1.01. The summed E-state index contributed by atoms with van der Waals surface area (Å²) in [7, 11) is 0. The largest absolute Gasteiger partial charge is 0.478 e. The summed E-state index contributed by atoms with van der Waals surface area (Å²) in [5.74, 6) is -0.407. The van der Waals surface area contributed by atoms with Crippen molar-refractivity contribution in [2.75, 3.05) is 11.1 Å². The first kappa shape index (κ1) is 11.7. The molecule has 0 amide bonds. The molecule has 1 aliphatic carbocycles. The molecule has 2 rings (SSSR count). The number of nitrogens with one attached hydrogen (secondary N) is 1. The van der Waals surface area contributed by atoms with Gasteiger partial charge in [0.15, 0.2) is 0 Å². The van der Waals surface area contributed by atoms with Crippen molar-refractivity contribution in [2.45, 2.75) is 38.1 Å². The molecule has 0 radical (unpaired) electrons. The smallest absolute Gasteiger partial charge is 0.337 e. The number of nitrogens with zero attached hydrogens (tertiary/aromatic N) is 1. The summed E-state index contributed by atoms with van der Waals surface area (Å²) in [4.78, 5) is 14.8. The maximum Gasteiger partial charge on any atom is 0.337 e. The highest BCUT2D eigenvalue weighted by Crippen LogP contribution is 2.24. The lowest BCUT2D eigenvalue weighted by Gasteiger charge is -2.23. The quantitative estimate of drug-likeness (QED) is 0.746. The summed E-state index contributed by atoms with van der Waals surface area (Å²) < 4.78 is 0. The number of hydrogen-bond donors (Lipinski definition) is 3. The Hall–Kier alpha value is -1.78. The fraction of sp³-hybridized carbons (Fsp3) is 0.500. The third-order valence-corrected chi connectivity index (χ3v) is 3.11. The highest BCUT2D eigenvalue weighted by Gasteiger charge is 2.15. The van der Waals surface area contributed by atoms with Gasteiger partial charge in [0.1, 0.15) is 5.82 Å². The van der Waals surface area contributed by atoms with E-state index in [1.54, 1.807) is 0 Å². The van der Waals surface area contributed by atoms with Crippen molar-refractivity contribution in [1.29, 1.82) is 0 Å². The van der Waals surface area contributed by atoms with Gasteiger partial charge in [0.05, 0.1) is 11.3 Å². The molecule has 1 saturated carbocycles. The van der Waals surface area contributed by atoms with E-state index in [2.05, 4.69) is 10.3 Å². The van der Waals surface area contributed by atoms with Crippen LogP contribution in [0.1, 0.15) is 42.5 Å². The first-order chi connectivity index (χ1) is 8.16. The fourth-order valence-electron chi connectivity index (χ4n) is 2.16. The summed E-state index contributed by atoms with van der Waals surface area (Å²) in [6.07, 6.45) is 7.34. The van der Waals surface area contributed by atoms with E-state index in [0.29, 0.717) is 17.5 Å². The van der Waals surface area contributed by atoms with Crippen molar-refractivity contribution in [3.05, 3.63) is 17.8 Å². The second kappa shape index (κ2) is 5.03. The van der Waals surface area contributed by atoms with Gasteiger partial charge in [-0.3, -0.25) is 0 Å². The van der Waals surface area contributed by atoms with Crippen LogP contribution in [0.3, 0.4) is 0 Å². The van der Waals surface area contributed by atoms with E-state index in [1.807, 2.05) is 0 Å². The Balaban J connectivity index is 2.08. The Morgan fingerprint density at radius 3 is 2.71 bits per heavy atom. The van der Waals surface area contributed by atoms with Crippen LogP contribution in [0.15, 0.2) is 12.3 Å². The number of hydrogen-bond acceptors (Lipinski definition) is 4. The van der Waals surface area contributed by atoms with Gasteiger partial charge >= 0.3 is 5.97 Å². The first-order valence-electron chi connectivity index (χ1n) is 5.92. The molecule has 0 spiro atoms. The zero-order valence-corrected chi connectivity index (χ0v) is 9.65. The molecule has 92 valence electrons. The lowest BCUT2D eigenvalue weighted by molar-refractivity contribution is 0.0696. The molecule has 1 heterocycles. The number of rotatable bonds is 3. The molecule has 0 saturated heterocycles. The molecule has 17 heavy (non-hydrogen) atoms. The number of anilines is 2. The summed E-state index contributed by atoms with van der Waals surface area (Å²) >= 11 is 0. The molecule has 0 bridgehead atoms. The zero-order chi connectivity index (χ0) is 12.3. The van der Waals surface area contributed by atoms with Crippen LogP contribution in [0.5, 0.6) is 0 Å². The van der Waals surface area contributed by atoms with Crippen LogP contribution in [0.25, 0.3) is 0 Å². The summed E-state index contributed by atoms with van der Waals surface area (Å²) in [6.45, 7) is 0.